The van der Waals surface area contributed by atoms with E-state index in [1.165, 1.54) is 22.7 Å². The smallest absolute Gasteiger partial charge is 0.245 e. The molecule has 0 aromatic heterocycles. The molecular formula is C10H8FNOS2. The van der Waals surface area contributed by atoms with Crippen LogP contribution in [0.25, 0.3) is 0 Å². The molecule has 0 radical (unpaired) electrons. The molecule has 1 saturated heterocycles. The molecule has 1 heterocycles. The molecule has 15 heavy (non-hydrogen) atoms. The molecule has 1 amide bonds. The lowest BCUT2D eigenvalue weighted by molar-refractivity contribution is -0.116. The Morgan fingerprint density at radius 2 is 2.13 bits per heavy atom. The zero-order chi connectivity index (χ0) is 11.0. The number of nitrogens with zero attached hydrogens (tertiary/aromatic N) is 1. The van der Waals surface area contributed by atoms with Crippen molar-refractivity contribution in [1.82, 2.24) is 0 Å². The van der Waals surface area contributed by atoms with E-state index in [1.54, 1.807) is 25.1 Å². The summed E-state index contributed by atoms with van der Waals surface area (Å²) in [5.74, 6) is -0.585. The molecule has 5 heteroatoms. The minimum Gasteiger partial charge on any atom is -0.273 e. The summed E-state index contributed by atoms with van der Waals surface area (Å²) in [6.45, 7) is 1.76. The predicted octanol–water partition coefficient (Wildman–Crippen LogP) is 2.58. The Hall–Kier alpha value is -0.940. The fourth-order valence-electron chi connectivity index (χ4n) is 1.38. The van der Waals surface area contributed by atoms with E-state index < -0.39 is 5.82 Å². The van der Waals surface area contributed by atoms with Gasteiger partial charge in [-0.1, -0.05) is 36.1 Å². The first kappa shape index (κ1) is 10.6. The summed E-state index contributed by atoms with van der Waals surface area (Å²) in [4.78, 5) is 13.0. The van der Waals surface area contributed by atoms with E-state index in [2.05, 4.69) is 0 Å². The second-order valence-corrected chi connectivity index (χ2v) is 5.13. The predicted molar refractivity (Wildman–Crippen MR) is 63.5 cm³/mol. The Morgan fingerprint density at radius 3 is 2.67 bits per heavy atom. The second-order valence-electron chi connectivity index (χ2n) is 3.15. The molecule has 1 aromatic carbocycles. The van der Waals surface area contributed by atoms with Gasteiger partial charge in [-0.3, -0.25) is 9.69 Å². The van der Waals surface area contributed by atoms with Crippen LogP contribution in [0.3, 0.4) is 0 Å². The van der Waals surface area contributed by atoms with Gasteiger partial charge in [0.2, 0.25) is 5.91 Å². The van der Waals surface area contributed by atoms with Gasteiger partial charge >= 0.3 is 0 Å². The maximum absolute atomic E-state index is 13.5. The molecule has 0 unspecified atom stereocenters. The van der Waals surface area contributed by atoms with Crippen molar-refractivity contribution in [3.63, 3.8) is 0 Å². The van der Waals surface area contributed by atoms with Crippen molar-refractivity contribution in [3.8, 4) is 0 Å². The molecule has 0 bridgehead atoms. The number of hydrogen-bond donors (Lipinski definition) is 0. The van der Waals surface area contributed by atoms with Gasteiger partial charge in [0.15, 0.2) is 0 Å². The van der Waals surface area contributed by atoms with Crippen molar-refractivity contribution < 1.29 is 9.18 Å². The third-order valence-electron chi connectivity index (χ3n) is 2.12. The van der Waals surface area contributed by atoms with E-state index in [1.807, 2.05) is 0 Å². The molecule has 1 aliphatic rings. The average molecular weight is 241 g/mol. The molecule has 0 N–H and O–H groups in total. The lowest BCUT2D eigenvalue weighted by Crippen LogP contribution is -2.31. The third-order valence-corrected chi connectivity index (χ3v) is 3.53. The van der Waals surface area contributed by atoms with Crippen LogP contribution >= 0.6 is 24.0 Å². The van der Waals surface area contributed by atoms with Crippen LogP contribution in [-0.2, 0) is 4.79 Å². The van der Waals surface area contributed by atoms with Crippen molar-refractivity contribution in [2.75, 3.05) is 4.90 Å². The van der Waals surface area contributed by atoms with Gasteiger partial charge in [-0.25, -0.2) is 4.39 Å². The average Bonchev–Trinajstić information content (AvgIpc) is 2.43. The number of para-hydroxylation sites is 1. The minimum absolute atomic E-state index is 0.157. The second kappa shape index (κ2) is 3.90. The third kappa shape index (κ3) is 1.77. The lowest BCUT2D eigenvalue weighted by Gasteiger charge is -2.15. The van der Waals surface area contributed by atoms with Crippen molar-refractivity contribution in [3.05, 3.63) is 30.1 Å². The Kier molecular flexibility index (Phi) is 2.75. The molecule has 0 saturated carbocycles. The zero-order valence-corrected chi connectivity index (χ0v) is 9.57. The monoisotopic (exact) mass is 241 g/mol. The van der Waals surface area contributed by atoms with Crippen LogP contribution in [0.4, 0.5) is 10.1 Å². The van der Waals surface area contributed by atoms with Crippen LogP contribution < -0.4 is 4.90 Å². The highest BCUT2D eigenvalue weighted by molar-refractivity contribution is 8.25. The van der Waals surface area contributed by atoms with Gasteiger partial charge in [0.1, 0.15) is 10.1 Å². The number of rotatable bonds is 1. The lowest BCUT2D eigenvalue weighted by atomic mass is 10.2. The quantitative estimate of drug-likeness (QED) is 0.705. The maximum Gasteiger partial charge on any atom is 0.245 e. The summed E-state index contributed by atoms with van der Waals surface area (Å²) in [6, 6.07) is 6.14. The number of thioether (sulfide) groups is 1. The van der Waals surface area contributed by atoms with Crippen LogP contribution in [0.15, 0.2) is 24.3 Å². The van der Waals surface area contributed by atoms with Gasteiger partial charge in [-0.2, -0.15) is 0 Å². The van der Waals surface area contributed by atoms with E-state index in [4.69, 9.17) is 12.2 Å². The number of anilines is 1. The first-order chi connectivity index (χ1) is 7.11. The topological polar surface area (TPSA) is 20.3 Å². The molecule has 2 rings (SSSR count). The van der Waals surface area contributed by atoms with Crippen molar-refractivity contribution in [2.24, 2.45) is 0 Å². The highest BCUT2D eigenvalue weighted by atomic mass is 32.2. The van der Waals surface area contributed by atoms with Crippen LogP contribution in [0.1, 0.15) is 6.92 Å². The number of carbonyl (C=O) groups is 1. The summed E-state index contributed by atoms with van der Waals surface area (Å²) >= 11 is 6.32. The number of benzene rings is 1. The summed E-state index contributed by atoms with van der Waals surface area (Å²) in [7, 11) is 0. The van der Waals surface area contributed by atoms with E-state index in [0.29, 0.717) is 4.32 Å². The fraction of sp³-hybridized carbons (Fsp3) is 0.200. The normalized spacial score (nSPS) is 21.2. The van der Waals surface area contributed by atoms with Crippen molar-refractivity contribution in [1.29, 1.82) is 0 Å². The van der Waals surface area contributed by atoms with Gasteiger partial charge in [0, 0.05) is 0 Å². The molecule has 0 spiro atoms. The molecule has 1 aromatic rings. The van der Waals surface area contributed by atoms with Crippen LogP contribution in [-0.4, -0.2) is 15.5 Å². The largest absolute Gasteiger partial charge is 0.273 e. The number of hydrogen-bond acceptors (Lipinski definition) is 3. The molecule has 78 valence electrons. The summed E-state index contributed by atoms with van der Waals surface area (Å²) in [5, 5.41) is -0.225. The number of carbonyl (C=O) groups excluding carboxylic acids is 1. The first-order valence-corrected chi connectivity index (χ1v) is 5.69. The fourth-order valence-corrected chi connectivity index (χ4v) is 2.80. The van der Waals surface area contributed by atoms with Gasteiger partial charge in [-0.15, -0.1) is 0 Å². The Balaban J connectivity index is 2.44. The summed E-state index contributed by atoms with van der Waals surface area (Å²) in [5.41, 5.74) is 0.240. The Labute approximate surface area is 96.5 Å². The SMILES string of the molecule is C[C@@H]1SC(=S)N(c2ccccc2F)C1=O. The van der Waals surface area contributed by atoms with Gasteiger partial charge in [-0.05, 0) is 19.1 Å². The summed E-state index contributed by atoms with van der Waals surface area (Å²) in [6.07, 6.45) is 0. The van der Waals surface area contributed by atoms with E-state index >= 15 is 0 Å². The van der Waals surface area contributed by atoms with Crippen molar-refractivity contribution in [2.45, 2.75) is 12.2 Å². The van der Waals surface area contributed by atoms with Crippen molar-refractivity contribution >= 4 is 39.9 Å². The highest BCUT2D eigenvalue weighted by Gasteiger charge is 2.35. The maximum atomic E-state index is 13.5. The highest BCUT2D eigenvalue weighted by Crippen LogP contribution is 2.32. The van der Waals surface area contributed by atoms with Crippen LogP contribution in [0.2, 0.25) is 0 Å². The molecule has 1 fully saturated rings. The van der Waals surface area contributed by atoms with Crippen LogP contribution in [0.5, 0.6) is 0 Å². The minimum atomic E-state index is -0.428. The van der Waals surface area contributed by atoms with E-state index in [-0.39, 0.29) is 16.8 Å². The number of thiocarbonyl (C=S) groups is 1. The number of amides is 1. The van der Waals surface area contributed by atoms with Gasteiger partial charge in [0.25, 0.3) is 0 Å². The Bertz CT molecular complexity index is 435. The van der Waals surface area contributed by atoms with Gasteiger partial charge < -0.3 is 0 Å². The molecular weight excluding hydrogens is 233 g/mol. The Morgan fingerprint density at radius 1 is 1.47 bits per heavy atom. The van der Waals surface area contributed by atoms with E-state index in [0.717, 1.165) is 0 Å². The number of halogens is 1. The standard InChI is InChI=1S/C10H8FNOS2/c1-6-9(13)12(10(14)15-6)8-5-3-2-4-7(8)11/h2-6H,1H3/t6-/m0/s1. The zero-order valence-electron chi connectivity index (χ0n) is 7.94. The van der Waals surface area contributed by atoms with Gasteiger partial charge in [0.05, 0.1) is 10.9 Å². The molecule has 1 atom stereocenters. The molecule has 0 aliphatic carbocycles. The molecule has 2 nitrogen and oxygen atoms in total. The molecule has 1 aliphatic heterocycles. The van der Waals surface area contributed by atoms with Crippen LogP contribution in [0, 0.1) is 5.82 Å². The van der Waals surface area contributed by atoms with E-state index in [9.17, 15) is 9.18 Å². The first-order valence-electron chi connectivity index (χ1n) is 4.40. The summed E-state index contributed by atoms with van der Waals surface area (Å²) < 4.78 is 13.9.